The maximum atomic E-state index is 11.0. The summed E-state index contributed by atoms with van der Waals surface area (Å²) in [4.78, 5) is 18.7. The lowest BCUT2D eigenvalue weighted by Gasteiger charge is -2.19. The van der Waals surface area contributed by atoms with Crippen molar-refractivity contribution in [2.24, 2.45) is 0 Å². The molecule has 17 heavy (non-hydrogen) atoms. The van der Waals surface area contributed by atoms with Crippen molar-refractivity contribution in [1.29, 1.82) is 0 Å². The lowest BCUT2D eigenvalue weighted by molar-refractivity contribution is 0.112. The molecule has 4 heteroatoms. The van der Waals surface area contributed by atoms with E-state index in [0.29, 0.717) is 0 Å². The van der Waals surface area contributed by atoms with Gasteiger partial charge in [-0.25, -0.2) is 4.98 Å². The Kier molecular flexibility index (Phi) is 6.19. The largest absolute Gasteiger partial charge is 0.348 e. The van der Waals surface area contributed by atoms with Gasteiger partial charge < -0.3 is 4.90 Å². The van der Waals surface area contributed by atoms with E-state index in [2.05, 4.69) is 30.7 Å². The third-order valence-electron chi connectivity index (χ3n) is 2.57. The number of thiazole rings is 1. The Hall–Kier alpha value is -0.900. The van der Waals surface area contributed by atoms with Crippen molar-refractivity contribution in [2.45, 2.75) is 46.5 Å². The number of aldehydes is 1. The summed E-state index contributed by atoms with van der Waals surface area (Å²) in [6.07, 6.45) is 5.10. The minimum Gasteiger partial charge on any atom is -0.348 e. The van der Waals surface area contributed by atoms with E-state index in [-0.39, 0.29) is 0 Å². The Morgan fingerprint density at radius 3 is 2.29 bits per heavy atom. The van der Waals surface area contributed by atoms with Gasteiger partial charge in [0.2, 0.25) is 0 Å². The monoisotopic (exact) mass is 254 g/mol. The molecule has 0 amide bonds. The van der Waals surface area contributed by atoms with E-state index in [1.807, 2.05) is 0 Å². The standard InChI is InChI=1S/C13H22N2OS/c1-4-7-11-12(10-16)17-13(14-11)15(8-5-2)9-6-3/h10H,4-9H2,1-3H3. The van der Waals surface area contributed by atoms with Crippen LogP contribution >= 0.6 is 11.3 Å². The molecule has 96 valence electrons. The molecule has 0 saturated carbocycles. The zero-order valence-electron chi connectivity index (χ0n) is 11.0. The summed E-state index contributed by atoms with van der Waals surface area (Å²) in [6, 6.07) is 0. The Morgan fingerprint density at radius 2 is 1.82 bits per heavy atom. The Labute approximate surface area is 108 Å². The highest BCUT2D eigenvalue weighted by Crippen LogP contribution is 2.26. The first-order valence-corrected chi connectivity index (χ1v) is 7.28. The van der Waals surface area contributed by atoms with Crippen LogP contribution in [0.4, 0.5) is 5.13 Å². The van der Waals surface area contributed by atoms with E-state index in [1.54, 1.807) is 0 Å². The summed E-state index contributed by atoms with van der Waals surface area (Å²) >= 11 is 1.53. The molecule has 0 aliphatic heterocycles. The molecular formula is C13H22N2OS. The molecule has 0 unspecified atom stereocenters. The number of aryl methyl sites for hydroxylation is 1. The molecular weight excluding hydrogens is 232 g/mol. The zero-order chi connectivity index (χ0) is 12.7. The summed E-state index contributed by atoms with van der Waals surface area (Å²) in [6.45, 7) is 8.49. The van der Waals surface area contributed by atoms with Gasteiger partial charge in [0.25, 0.3) is 0 Å². The average Bonchev–Trinajstić information content (AvgIpc) is 2.72. The van der Waals surface area contributed by atoms with E-state index in [0.717, 1.165) is 60.8 Å². The molecule has 0 aromatic carbocycles. The fraction of sp³-hybridized carbons (Fsp3) is 0.692. The van der Waals surface area contributed by atoms with Crippen LogP contribution < -0.4 is 4.90 Å². The van der Waals surface area contributed by atoms with Crippen molar-refractivity contribution in [3.8, 4) is 0 Å². The highest BCUT2D eigenvalue weighted by Gasteiger charge is 2.14. The molecule has 1 aromatic rings. The Morgan fingerprint density at radius 1 is 1.18 bits per heavy atom. The van der Waals surface area contributed by atoms with Crippen LogP contribution in [0.3, 0.4) is 0 Å². The van der Waals surface area contributed by atoms with Gasteiger partial charge in [0.1, 0.15) is 0 Å². The molecule has 0 spiro atoms. The van der Waals surface area contributed by atoms with Crippen LogP contribution in [0.15, 0.2) is 0 Å². The number of anilines is 1. The highest BCUT2D eigenvalue weighted by molar-refractivity contribution is 7.17. The van der Waals surface area contributed by atoms with Gasteiger partial charge in [-0.05, 0) is 19.3 Å². The number of carbonyl (C=O) groups is 1. The van der Waals surface area contributed by atoms with E-state index >= 15 is 0 Å². The van der Waals surface area contributed by atoms with Crippen molar-refractivity contribution in [3.63, 3.8) is 0 Å². The molecule has 0 fully saturated rings. The van der Waals surface area contributed by atoms with Crippen molar-refractivity contribution in [1.82, 2.24) is 4.98 Å². The molecule has 1 heterocycles. The average molecular weight is 254 g/mol. The SMILES string of the molecule is CCCc1nc(N(CCC)CCC)sc1C=O. The second-order valence-electron chi connectivity index (χ2n) is 4.16. The summed E-state index contributed by atoms with van der Waals surface area (Å²) in [5, 5.41) is 1.01. The Balaban J connectivity index is 2.90. The third kappa shape index (κ3) is 3.80. The summed E-state index contributed by atoms with van der Waals surface area (Å²) in [5.41, 5.74) is 0.972. The Bertz CT molecular complexity index is 343. The van der Waals surface area contributed by atoms with Crippen LogP contribution in [0.25, 0.3) is 0 Å². The number of hydrogen-bond donors (Lipinski definition) is 0. The molecule has 0 saturated heterocycles. The maximum absolute atomic E-state index is 11.0. The fourth-order valence-corrected chi connectivity index (χ4v) is 2.81. The topological polar surface area (TPSA) is 33.2 Å². The molecule has 0 bridgehead atoms. The van der Waals surface area contributed by atoms with Crippen LogP contribution in [0.2, 0.25) is 0 Å². The summed E-state index contributed by atoms with van der Waals surface area (Å²) in [7, 11) is 0. The predicted molar refractivity (Wildman–Crippen MR) is 74.3 cm³/mol. The highest BCUT2D eigenvalue weighted by atomic mass is 32.1. The summed E-state index contributed by atoms with van der Waals surface area (Å²) < 4.78 is 0. The third-order valence-corrected chi connectivity index (χ3v) is 3.65. The second kappa shape index (κ2) is 7.43. The molecule has 0 N–H and O–H groups in total. The van der Waals surface area contributed by atoms with Gasteiger partial charge in [0.15, 0.2) is 11.4 Å². The predicted octanol–water partition coefficient (Wildman–Crippen LogP) is 3.53. The van der Waals surface area contributed by atoms with Crippen molar-refractivity contribution < 1.29 is 4.79 Å². The first-order valence-electron chi connectivity index (χ1n) is 6.46. The van der Waals surface area contributed by atoms with E-state index in [1.165, 1.54) is 11.3 Å². The van der Waals surface area contributed by atoms with Crippen molar-refractivity contribution in [3.05, 3.63) is 10.6 Å². The van der Waals surface area contributed by atoms with Crippen LogP contribution in [-0.4, -0.2) is 24.4 Å². The van der Waals surface area contributed by atoms with E-state index in [4.69, 9.17) is 0 Å². The van der Waals surface area contributed by atoms with Gasteiger partial charge in [-0.2, -0.15) is 0 Å². The molecule has 0 atom stereocenters. The molecule has 3 nitrogen and oxygen atoms in total. The van der Waals surface area contributed by atoms with Gasteiger partial charge in [-0.1, -0.05) is 38.5 Å². The van der Waals surface area contributed by atoms with Crippen LogP contribution in [-0.2, 0) is 6.42 Å². The minimum absolute atomic E-state index is 0.805. The lowest BCUT2D eigenvalue weighted by Crippen LogP contribution is -2.24. The number of nitrogens with zero attached hydrogens (tertiary/aromatic N) is 2. The maximum Gasteiger partial charge on any atom is 0.186 e. The molecule has 1 aromatic heterocycles. The van der Waals surface area contributed by atoms with E-state index in [9.17, 15) is 4.79 Å². The second-order valence-corrected chi connectivity index (χ2v) is 5.17. The van der Waals surface area contributed by atoms with Gasteiger partial charge >= 0.3 is 0 Å². The van der Waals surface area contributed by atoms with Crippen LogP contribution in [0.5, 0.6) is 0 Å². The quantitative estimate of drug-likeness (QED) is 0.665. The first kappa shape index (κ1) is 14.2. The molecule has 0 radical (unpaired) electrons. The lowest BCUT2D eigenvalue weighted by atomic mass is 10.2. The normalized spacial score (nSPS) is 10.5. The van der Waals surface area contributed by atoms with Crippen LogP contribution in [0, 0.1) is 0 Å². The van der Waals surface area contributed by atoms with Gasteiger partial charge in [0.05, 0.1) is 10.6 Å². The first-order chi connectivity index (χ1) is 8.26. The molecule has 0 aliphatic carbocycles. The number of aromatic nitrogens is 1. The zero-order valence-corrected chi connectivity index (χ0v) is 11.8. The smallest absolute Gasteiger partial charge is 0.186 e. The van der Waals surface area contributed by atoms with E-state index < -0.39 is 0 Å². The van der Waals surface area contributed by atoms with Crippen LogP contribution in [0.1, 0.15) is 55.4 Å². The minimum atomic E-state index is 0.805. The molecule has 0 aliphatic rings. The number of carbonyl (C=O) groups excluding carboxylic acids is 1. The number of rotatable bonds is 8. The van der Waals surface area contributed by atoms with Crippen molar-refractivity contribution in [2.75, 3.05) is 18.0 Å². The fourth-order valence-electron chi connectivity index (χ4n) is 1.84. The van der Waals surface area contributed by atoms with Crippen molar-refractivity contribution >= 4 is 22.8 Å². The van der Waals surface area contributed by atoms with Gasteiger partial charge in [-0.3, -0.25) is 4.79 Å². The molecule has 1 rings (SSSR count). The van der Waals surface area contributed by atoms with Gasteiger partial charge in [0, 0.05) is 13.1 Å². The van der Waals surface area contributed by atoms with Gasteiger partial charge in [-0.15, -0.1) is 0 Å². The summed E-state index contributed by atoms with van der Waals surface area (Å²) in [5.74, 6) is 0. The number of hydrogen-bond acceptors (Lipinski definition) is 4.